The second-order valence-corrected chi connectivity index (χ2v) is 7.62. The Morgan fingerprint density at radius 2 is 1.80 bits per heavy atom. The van der Waals surface area contributed by atoms with Crippen molar-refractivity contribution in [2.45, 2.75) is 0 Å². The summed E-state index contributed by atoms with van der Waals surface area (Å²) in [6, 6.07) is 15.5. The molecule has 0 saturated carbocycles. The highest BCUT2D eigenvalue weighted by atomic mass is 32.1. The Kier molecular flexibility index (Phi) is 4.72. The van der Waals surface area contributed by atoms with Crippen LogP contribution < -0.4 is 14.8 Å². The number of benzene rings is 2. The summed E-state index contributed by atoms with van der Waals surface area (Å²) in [5.74, 6) is 0.704. The molecule has 30 heavy (non-hydrogen) atoms. The number of rotatable bonds is 4. The molecule has 150 valence electrons. The normalized spacial score (nSPS) is 12.6. The summed E-state index contributed by atoms with van der Waals surface area (Å²) in [7, 11) is 0. The van der Waals surface area contributed by atoms with E-state index in [2.05, 4.69) is 5.32 Å². The van der Waals surface area contributed by atoms with Gasteiger partial charge >= 0.3 is 0 Å². The second-order valence-electron chi connectivity index (χ2n) is 6.74. The fourth-order valence-corrected chi connectivity index (χ4v) is 4.39. The molecule has 1 aliphatic heterocycles. The lowest BCUT2D eigenvalue weighted by atomic mass is 10.1. The fourth-order valence-electron chi connectivity index (χ4n) is 3.42. The molecule has 2 aromatic heterocycles. The number of hydrogen-bond acceptors (Lipinski definition) is 4. The summed E-state index contributed by atoms with van der Waals surface area (Å²) in [6.45, 7) is 0.987. The summed E-state index contributed by atoms with van der Waals surface area (Å²) in [4.78, 5) is 13.7. The molecule has 7 heteroatoms. The molecule has 0 unspecified atom stereocenters. The van der Waals surface area contributed by atoms with Crippen molar-refractivity contribution in [3.05, 3.63) is 83.1 Å². The number of carbonyl (C=O) groups is 1. The van der Waals surface area contributed by atoms with E-state index in [-0.39, 0.29) is 11.7 Å². The zero-order chi connectivity index (χ0) is 20.5. The molecule has 3 heterocycles. The lowest BCUT2D eigenvalue weighted by Crippen LogP contribution is -2.16. The molecular formula is C23H17FN2O3S. The molecule has 0 atom stereocenters. The minimum absolute atomic E-state index is 0.247. The average molecular weight is 420 g/mol. The maximum atomic E-state index is 13.8. The lowest BCUT2D eigenvalue weighted by molar-refractivity contribution is 0.103. The van der Waals surface area contributed by atoms with Crippen molar-refractivity contribution in [2.24, 2.45) is 0 Å². The number of hydrogen-bond donors (Lipinski definition) is 1. The number of ether oxygens (including phenoxy) is 2. The van der Waals surface area contributed by atoms with Crippen LogP contribution in [-0.2, 0) is 0 Å². The van der Waals surface area contributed by atoms with E-state index in [0.717, 1.165) is 5.56 Å². The third kappa shape index (κ3) is 3.44. The van der Waals surface area contributed by atoms with Crippen molar-refractivity contribution in [3.8, 4) is 28.3 Å². The Morgan fingerprint density at radius 1 is 1.00 bits per heavy atom. The molecule has 2 aromatic carbocycles. The number of carbonyl (C=O) groups excluding carboxylic acids is 1. The first-order valence-corrected chi connectivity index (χ1v) is 10.3. The van der Waals surface area contributed by atoms with Crippen LogP contribution in [0.2, 0.25) is 0 Å². The molecule has 5 nitrogen and oxygen atoms in total. The van der Waals surface area contributed by atoms with Gasteiger partial charge in [-0.3, -0.25) is 4.79 Å². The van der Waals surface area contributed by atoms with Crippen LogP contribution in [0.5, 0.6) is 11.5 Å². The summed E-state index contributed by atoms with van der Waals surface area (Å²) in [5.41, 5.74) is 2.84. The molecule has 1 aliphatic rings. The predicted molar refractivity (Wildman–Crippen MR) is 114 cm³/mol. The summed E-state index contributed by atoms with van der Waals surface area (Å²) in [5, 5.41) is 4.81. The third-order valence-corrected chi connectivity index (χ3v) is 5.74. The topological polar surface area (TPSA) is 52.5 Å². The number of halogens is 1. The van der Waals surface area contributed by atoms with Gasteiger partial charge in [0.1, 0.15) is 23.9 Å². The first-order chi connectivity index (χ1) is 14.7. The van der Waals surface area contributed by atoms with Crippen molar-refractivity contribution in [1.29, 1.82) is 0 Å². The van der Waals surface area contributed by atoms with Gasteiger partial charge in [0.2, 0.25) is 0 Å². The maximum absolute atomic E-state index is 13.8. The van der Waals surface area contributed by atoms with Gasteiger partial charge in [-0.1, -0.05) is 12.1 Å². The third-order valence-electron chi connectivity index (χ3n) is 4.77. The van der Waals surface area contributed by atoms with Gasteiger partial charge < -0.3 is 19.4 Å². The molecule has 1 amide bonds. The van der Waals surface area contributed by atoms with E-state index in [1.54, 1.807) is 24.3 Å². The SMILES string of the molecule is O=C(Nc1ccc2c(c1)OCCO2)c1scc(-c2cccc(F)c2)c1-n1cccc1. The van der Waals surface area contributed by atoms with Crippen LogP contribution >= 0.6 is 11.3 Å². The molecule has 5 rings (SSSR count). The van der Waals surface area contributed by atoms with Crippen molar-refractivity contribution >= 4 is 22.9 Å². The van der Waals surface area contributed by atoms with Crippen LogP contribution in [0.4, 0.5) is 10.1 Å². The van der Waals surface area contributed by atoms with Gasteiger partial charge in [0.05, 0.1) is 5.69 Å². The van der Waals surface area contributed by atoms with E-state index in [4.69, 9.17) is 9.47 Å². The highest BCUT2D eigenvalue weighted by Gasteiger charge is 2.21. The number of amides is 1. The minimum atomic E-state index is -0.320. The molecule has 0 saturated heterocycles. The lowest BCUT2D eigenvalue weighted by Gasteiger charge is -2.19. The fraction of sp³-hybridized carbons (Fsp3) is 0.0870. The Labute approximate surface area is 176 Å². The molecular weight excluding hydrogens is 403 g/mol. The Balaban J connectivity index is 1.52. The van der Waals surface area contributed by atoms with Crippen LogP contribution in [0.15, 0.2) is 72.4 Å². The van der Waals surface area contributed by atoms with Crippen molar-refractivity contribution in [1.82, 2.24) is 4.57 Å². The van der Waals surface area contributed by atoms with E-state index >= 15 is 0 Å². The molecule has 0 spiro atoms. The molecule has 0 aliphatic carbocycles. The number of nitrogens with one attached hydrogen (secondary N) is 1. The van der Waals surface area contributed by atoms with Gasteiger partial charge in [0, 0.05) is 35.1 Å². The zero-order valence-electron chi connectivity index (χ0n) is 15.8. The van der Waals surface area contributed by atoms with Gasteiger partial charge in [-0.25, -0.2) is 4.39 Å². The van der Waals surface area contributed by atoms with E-state index in [1.807, 2.05) is 40.5 Å². The maximum Gasteiger partial charge on any atom is 0.267 e. The van der Waals surface area contributed by atoms with Crippen LogP contribution in [0.25, 0.3) is 16.8 Å². The number of aromatic nitrogens is 1. The molecule has 1 N–H and O–H groups in total. The predicted octanol–water partition coefficient (Wildman–Crippen LogP) is 5.37. The van der Waals surface area contributed by atoms with E-state index in [9.17, 15) is 9.18 Å². The zero-order valence-corrected chi connectivity index (χ0v) is 16.6. The van der Waals surface area contributed by atoms with Crippen LogP contribution in [0.1, 0.15) is 9.67 Å². The first-order valence-electron chi connectivity index (χ1n) is 9.41. The number of nitrogens with zero attached hydrogens (tertiary/aromatic N) is 1. The van der Waals surface area contributed by atoms with Crippen LogP contribution in [0, 0.1) is 5.82 Å². The Bertz CT molecular complexity index is 1220. The second kappa shape index (κ2) is 7.68. The van der Waals surface area contributed by atoms with Crippen molar-refractivity contribution in [2.75, 3.05) is 18.5 Å². The van der Waals surface area contributed by atoms with Crippen molar-refractivity contribution < 1.29 is 18.7 Å². The van der Waals surface area contributed by atoms with Gasteiger partial charge in [-0.15, -0.1) is 11.3 Å². The quantitative estimate of drug-likeness (QED) is 0.483. The molecule has 0 fully saturated rings. The Hall–Kier alpha value is -3.58. The standard InChI is InChI=1S/C23H17FN2O3S/c24-16-5-3-4-15(12-16)18-14-30-22(21(18)26-8-1-2-9-26)23(27)25-17-6-7-19-20(13-17)29-11-10-28-19/h1-9,12-14H,10-11H2,(H,25,27). The summed E-state index contributed by atoms with van der Waals surface area (Å²) < 4.78 is 26.8. The van der Waals surface area contributed by atoms with E-state index in [0.29, 0.717) is 46.5 Å². The van der Waals surface area contributed by atoms with Gasteiger partial charge in [0.25, 0.3) is 5.91 Å². The minimum Gasteiger partial charge on any atom is -0.486 e. The number of fused-ring (bicyclic) bond motifs is 1. The average Bonchev–Trinajstić information content (AvgIpc) is 3.43. The summed E-state index contributed by atoms with van der Waals surface area (Å²) >= 11 is 1.32. The van der Waals surface area contributed by atoms with Crippen molar-refractivity contribution in [3.63, 3.8) is 0 Å². The number of anilines is 1. The van der Waals surface area contributed by atoms with Gasteiger partial charge in [-0.2, -0.15) is 0 Å². The molecule has 0 radical (unpaired) electrons. The highest BCUT2D eigenvalue weighted by molar-refractivity contribution is 7.13. The molecule has 4 aromatic rings. The van der Waals surface area contributed by atoms with Gasteiger partial charge in [0.15, 0.2) is 11.5 Å². The monoisotopic (exact) mass is 420 g/mol. The van der Waals surface area contributed by atoms with E-state index < -0.39 is 0 Å². The Morgan fingerprint density at radius 3 is 2.60 bits per heavy atom. The summed E-state index contributed by atoms with van der Waals surface area (Å²) in [6.07, 6.45) is 3.73. The number of thiophene rings is 1. The van der Waals surface area contributed by atoms with Crippen LogP contribution in [-0.4, -0.2) is 23.7 Å². The molecule has 0 bridgehead atoms. The van der Waals surface area contributed by atoms with E-state index in [1.165, 1.54) is 23.5 Å². The van der Waals surface area contributed by atoms with Gasteiger partial charge in [-0.05, 0) is 42.0 Å². The highest BCUT2D eigenvalue weighted by Crippen LogP contribution is 2.37. The largest absolute Gasteiger partial charge is 0.486 e. The first kappa shape index (κ1) is 18.4. The van der Waals surface area contributed by atoms with Crippen LogP contribution in [0.3, 0.4) is 0 Å². The smallest absolute Gasteiger partial charge is 0.267 e.